The highest BCUT2D eigenvalue weighted by atomic mass is 32.2. The minimum absolute atomic E-state index is 0.0664. The summed E-state index contributed by atoms with van der Waals surface area (Å²) in [7, 11) is -3.87. The zero-order chi connectivity index (χ0) is 22.9. The fourth-order valence-electron chi connectivity index (χ4n) is 3.00. The number of carbonyl (C=O) groups is 2. The van der Waals surface area contributed by atoms with Gasteiger partial charge in [-0.3, -0.25) is 14.3 Å². The highest BCUT2D eigenvalue weighted by Crippen LogP contribution is 2.36. The van der Waals surface area contributed by atoms with E-state index in [-0.39, 0.29) is 27.6 Å². The molecule has 1 atom stereocenters. The van der Waals surface area contributed by atoms with E-state index in [1.165, 1.54) is 36.0 Å². The summed E-state index contributed by atoms with van der Waals surface area (Å²) in [6.45, 7) is 1.81. The van der Waals surface area contributed by atoms with Gasteiger partial charge < -0.3 is 10.6 Å². The summed E-state index contributed by atoms with van der Waals surface area (Å²) in [5.41, 5.74) is 1.72. The standard InChI is InChI=1S/C22H18FN3O4S2/c1-13-21(27)25-19-12-14(2-11-20(19)31-13)22(28)24-16-5-7-17(8-6-16)26-32(29,30)18-9-3-15(23)4-10-18/h2-13,26H,1H3,(H,24,28)(H,25,27)/t13-/m0/s1. The predicted octanol–water partition coefficient (Wildman–Crippen LogP) is 4.31. The molecule has 0 unspecified atom stereocenters. The third-order valence-corrected chi connectivity index (χ3v) is 7.27. The molecule has 0 saturated heterocycles. The van der Waals surface area contributed by atoms with Gasteiger partial charge in [0.1, 0.15) is 5.82 Å². The average molecular weight is 472 g/mol. The number of anilines is 3. The molecule has 0 spiro atoms. The van der Waals surface area contributed by atoms with Gasteiger partial charge >= 0.3 is 0 Å². The van der Waals surface area contributed by atoms with E-state index in [0.717, 1.165) is 17.0 Å². The van der Waals surface area contributed by atoms with E-state index in [9.17, 15) is 22.4 Å². The van der Waals surface area contributed by atoms with Crippen molar-refractivity contribution >= 4 is 50.7 Å². The number of hydrogen-bond donors (Lipinski definition) is 3. The maximum Gasteiger partial charge on any atom is 0.261 e. The molecule has 0 bridgehead atoms. The van der Waals surface area contributed by atoms with Gasteiger partial charge in [-0.15, -0.1) is 11.8 Å². The first-order chi connectivity index (χ1) is 15.2. The van der Waals surface area contributed by atoms with Crippen LogP contribution in [-0.2, 0) is 14.8 Å². The molecule has 0 radical (unpaired) electrons. The Morgan fingerprint density at radius 3 is 2.34 bits per heavy atom. The van der Waals surface area contributed by atoms with E-state index in [1.807, 2.05) is 6.92 Å². The van der Waals surface area contributed by atoms with Gasteiger partial charge in [-0.05, 0) is 73.7 Å². The third-order valence-electron chi connectivity index (χ3n) is 4.69. The lowest BCUT2D eigenvalue weighted by molar-refractivity contribution is -0.115. The summed E-state index contributed by atoms with van der Waals surface area (Å²) >= 11 is 1.43. The number of halogens is 1. The molecule has 0 saturated carbocycles. The van der Waals surface area contributed by atoms with Crippen LogP contribution in [-0.4, -0.2) is 25.5 Å². The Bertz CT molecular complexity index is 1290. The zero-order valence-electron chi connectivity index (χ0n) is 16.8. The summed E-state index contributed by atoms with van der Waals surface area (Å²) < 4.78 is 40.2. The monoisotopic (exact) mass is 471 g/mol. The van der Waals surface area contributed by atoms with Gasteiger partial charge in [0, 0.05) is 21.8 Å². The van der Waals surface area contributed by atoms with Crippen molar-refractivity contribution in [2.45, 2.75) is 22.0 Å². The number of benzene rings is 3. The van der Waals surface area contributed by atoms with Crippen LogP contribution >= 0.6 is 11.8 Å². The zero-order valence-corrected chi connectivity index (χ0v) is 18.4. The van der Waals surface area contributed by atoms with Gasteiger partial charge in [0.05, 0.1) is 15.8 Å². The smallest absolute Gasteiger partial charge is 0.261 e. The molecule has 1 heterocycles. The number of carbonyl (C=O) groups excluding carboxylic acids is 2. The van der Waals surface area contributed by atoms with Crippen molar-refractivity contribution in [3.8, 4) is 0 Å². The molecule has 0 aliphatic carbocycles. The van der Waals surface area contributed by atoms with Crippen LogP contribution in [0.25, 0.3) is 0 Å². The van der Waals surface area contributed by atoms with Crippen molar-refractivity contribution in [2.75, 3.05) is 15.4 Å². The minimum atomic E-state index is -3.87. The Labute approximate surface area is 188 Å². The summed E-state index contributed by atoms with van der Waals surface area (Å²) in [5.74, 6) is -1.01. The molecule has 164 valence electrons. The number of fused-ring (bicyclic) bond motifs is 1. The first kappa shape index (κ1) is 21.8. The molecule has 3 N–H and O–H groups in total. The van der Waals surface area contributed by atoms with Crippen LogP contribution in [0.4, 0.5) is 21.5 Å². The maximum absolute atomic E-state index is 13.0. The Balaban J connectivity index is 1.44. The van der Waals surface area contributed by atoms with Gasteiger partial charge in [0.25, 0.3) is 15.9 Å². The molecule has 10 heteroatoms. The SMILES string of the molecule is C[C@@H]1Sc2ccc(C(=O)Nc3ccc(NS(=O)(=O)c4ccc(F)cc4)cc3)cc2NC1=O. The van der Waals surface area contributed by atoms with Crippen molar-refractivity contribution in [3.05, 3.63) is 78.1 Å². The molecule has 3 aromatic rings. The van der Waals surface area contributed by atoms with E-state index in [2.05, 4.69) is 15.4 Å². The lowest BCUT2D eigenvalue weighted by Gasteiger charge is -2.21. The maximum atomic E-state index is 13.0. The Hall–Kier alpha value is -3.37. The van der Waals surface area contributed by atoms with Crippen LogP contribution in [0.3, 0.4) is 0 Å². The summed E-state index contributed by atoms with van der Waals surface area (Å²) in [5, 5.41) is 5.33. The number of hydrogen-bond acceptors (Lipinski definition) is 5. The molecule has 0 aromatic heterocycles. The van der Waals surface area contributed by atoms with Gasteiger partial charge in [-0.1, -0.05) is 0 Å². The summed E-state index contributed by atoms with van der Waals surface area (Å²) in [4.78, 5) is 25.3. The van der Waals surface area contributed by atoms with Crippen LogP contribution in [0, 0.1) is 5.82 Å². The normalized spacial score (nSPS) is 15.4. The molecule has 0 fully saturated rings. The first-order valence-electron chi connectivity index (χ1n) is 9.53. The predicted molar refractivity (Wildman–Crippen MR) is 122 cm³/mol. The molecule has 1 aliphatic heterocycles. The van der Waals surface area contributed by atoms with Gasteiger partial charge in [-0.25, -0.2) is 12.8 Å². The molecular formula is C22H18FN3O4S2. The van der Waals surface area contributed by atoms with E-state index < -0.39 is 15.8 Å². The number of nitrogens with one attached hydrogen (secondary N) is 3. The van der Waals surface area contributed by atoms with Crippen LogP contribution in [0.15, 0.2) is 76.5 Å². The van der Waals surface area contributed by atoms with Crippen molar-refractivity contribution in [1.82, 2.24) is 0 Å². The second-order valence-corrected chi connectivity index (χ2v) is 10.1. The highest BCUT2D eigenvalue weighted by Gasteiger charge is 2.23. The Morgan fingerprint density at radius 2 is 1.66 bits per heavy atom. The fraction of sp³-hybridized carbons (Fsp3) is 0.0909. The van der Waals surface area contributed by atoms with Crippen LogP contribution in [0.1, 0.15) is 17.3 Å². The molecule has 4 rings (SSSR count). The first-order valence-corrected chi connectivity index (χ1v) is 11.9. The molecule has 32 heavy (non-hydrogen) atoms. The highest BCUT2D eigenvalue weighted by molar-refractivity contribution is 8.01. The quantitative estimate of drug-likeness (QED) is 0.514. The van der Waals surface area contributed by atoms with Crippen LogP contribution in [0.5, 0.6) is 0 Å². The molecule has 7 nitrogen and oxygen atoms in total. The summed E-state index contributed by atoms with van der Waals surface area (Å²) in [6, 6.07) is 15.7. The second kappa shape index (κ2) is 8.64. The number of rotatable bonds is 5. The second-order valence-electron chi connectivity index (χ2n) is 7.05. The van der Waals surface area contributed by atoms with E-state index >= 15 is 0 Å². The third kappa shape index (κ3) is 4.76. The topological polar surface area (TPSA) is 104 Å². The van der Waals surface area contributed by atoms with Gasteiger partial charge in [0.15, 0.2) is 0 Å². The molecular weight excluding hydrogens is 453 g/mol. The number of amides is 2. The fourth-order valence-corrected chi connectivity index (χ4v) is 4.99. The van der Waals surface area contributed by atoms with Crippen molar-refractivity contribution in [2.24, 2.45) is 0 Å². The van der Waals surface area contributed by atoms with Gasteiger partial charge in [0.2, 0.25) is 5.91 Å². The Morgan fingerprint density at radius 1 is 1.00 bits per heavy atom. The number of thioether (sulfide) groups is 1. The Kier molecular flexibility index (Phi) is 5.90. The molecule has 3 aromatic carbocycles. The number of sulfonamides is 1. The van der Waals surface area contributed by atoms with Crippen molar-refractivity contribution in [1.29, 1.82) is 0 Å². The summed E-state index contributed by atoms with van der Waals surface area (Å²) in [6.07, 6.45) is 0. The van der Waals surface area contributed by atoms with Crippen molar-refractivity contribution in [3.63, 3.8) is 0 Å². The van der Waals surface area contributed by atoms with Crippen LogP contribution in [0.2, 0.25) is 0 Å². The van der Waals surface area contributed by atoms with Crippen molar-refractivity contribution < 1.29 is 22.4 Å². The molecule has 1 aliphatic rings. The molecule has 2 amide bonds. The average Bonchev–Trinajstić information content (AvgIpc) is 2.75. The minimum Gasteiger partial charge on any atom is -0.324 e. The van der Waals surface area contributed by atoms with E-state index in [1.54, 1.807) is 30.3 Å². The largest absolute Gasteiger partial charge is 0.324 e. The van der Waals surface area contributed by atoms with Crippen LogP contribution < -0.4 is 15.4 Å². The van der Waals surface area contributed by atoms with E-state index in [0.29, 0.717) is 16.9 Å². The lowest BCUT2D eigenvalue weighted by atomic mass is 10.1. The lowest BCUT2D eigenvalue weighted by Crippen LogP contribution is -2.26. The van der Waals surface area contributed by atoms with Gasteiger partial charge in [-0.2, -0.15) is 0 Å². The van der Waals surface area contributed by atoms with E-state index in [4.69, 9.17) is 0 Å².